The van der Waals surface area contributed by atoms with Gasteiger partial charge in [0.05, 0.1) is 11.0 Å². The number of nitrogens with zero attached hydrogens (tertiary/aromatic N) is 1. The smallest absolute Gasteiger partial charge is 0.270 e. The lowest BCUT2D eigenvalue weighted by molar-refractivity contribution is -0.384. The Balaban J connectivity index is 2.39. The van der Waals surface area contributed by atoms with Crippen molar-refractivity contribution in [1.82, 2.24) is 0 Å². The minimum atomic E-state index is -0.424. The Hall–Kier alpha value is -1.62. The number of fused-ring (bicyclic) bond motifs is 1. The summed E-state index contributed by atoms with van der Waals surface area (Å²) in [7, 11) is 0. The van der Waals surface area contributed by atoms with Crippen LogP contribution in [0.25, 0.3) is 0 Å². The molecule has 0 amide bonds. The summed E-state index contributed by atoms with van der Waals surface area (Å²) in [5, 5.41) is 10.6. The highest BCUT2D eigenvalue weighted by atomic mass is 16.6. The van der Waals surface area contributed by atoms with Crippen LogP contribution in [0.3, 0.4) is 0 Å². The summed E-state index contributed by atoms with van der Waals surface area (Å²) in [4.78, 5) is 10.2. The predicted octanol–water partition coefficient (Wildman–Crippen LogP) is 1.77. The zero-order chi connectivity index (χ0) is 11.0. The van der Waals surface area contributed by atoms with Crippen LogP contribution in [0.2, 0.25) is 0 Å². The fraction of sp³-hybridized carbons (Fsp3) is 0.400. The summed E-state index contributed by atoms with van der Waals surface area (Å²) < 4.78 is 5.56. The van der Waals surface area contributed by atoms with Gasteiger partial charge in [-0.25, -0.2) is 0 Å². The van der Waals surface area contributed by atoms with Gasteiger partial charge in [0.2, 0.25) is 0 Å². The summed E-state index contributed by atoms with van der Waals surface area (Å²) >= 11 is 0. The fourth-order valence-corrected chi connectivity index (χ4v) is 1.79. The lowest BCUT2D eigenvalue weighted by atomic mass is 10.0. The molecule has 0 fully saturated rings. The van der Waals surface area contributed by atoms with Crippen molar-refractivity contribution in [1.29, 1.82) is 0 Å². The highest BCUT2D eigenvalue weighted by Gasteiger charge is 2.31. The SMILES string of the molecule is CCC1Oc2ccc([N+](=O)[O-])cc2C1N. The van der Waals surface area contributed by atoms with Crippen LogP contribution in [-0.2, 0) is 0 Å². The molecular formula is C10H12N2O3. The number of ether oxygens (including phenoxy) is 1. The van der Waals surface area contributed by atoms with Gasteiger partial charge in [-0.2, -0.15) is 0 Å². The van der Waals surface area contributed by atoms with E-state index >= 15 is 0 Å². The molecule has 1 aromatic carbocycles. The third-order valence-electron chi connectivity index (χ3n) is 2.64. The molecule has 0 saturated heterocycles. The minimum Gasteiger partial charge on any atom is -0.488 e. The topological polar surface area (TPSA) is 78.4 Å². The van der Waals surface area contributed by atoms with Gasteiger partial charge in [-0.3, -0.25) is 10.1 Å². The van der Waals surface area contributed by atoms with E-state index in [1.165, 1.54) is 12.1 Å². The van der Waals surface area contributed by atoms with Gasteiger partial charge in [0.25, 0.3) is 5.69 Å². The summed E-state index contributed by atoms with van der Waals surface area (Å²) in [5.74, 6) is 0.667. The number of nitrogens with two attached hydrogens (primary N) is 1. The van der Waals surface area contributed by atoms with Gasteiger partial charge in [-0.05, 0) is 12.5 Å². The normalized spacial score (nSPS) is 23.3. The Morgan fingerprint density at radius 3 is 2.93 bits per heavy atom. The van der Waals surface area contributed by atoms with Crippen LogP contribution in [0.4, 0.5) is 5.69 Å². The number of nitro benzene ring substituents is 1. The molecule has 15 heavy (non-hydrogen) atoms. The fourth-order valence-electron chi connectivity index (χ4n) is 1.79. The average Bonchev–Trinajstić information content (AvgIpc) is 2.55. The molecule has 80 valence electrons. The van der Waals surface area contributed by atoms with Crippen LogP contribution in [-0.4, -0.2) is 11.0 Å². The zero-order valence-electron chi connectivity index (χ0n) is 8.34. The van der Waals surface area contributed by atoms with Gasteiger partial charge in [-0.1, -0.05) is 6.92 Å². The largest absolute Gasteiger partial charge is 0.488 e. The van der Waals surface area contributed by atoms with E-state index in [-0.39, 0.29) is 17.8 Å². The Kier molecular flexibility index (Phi) is 2.32. The van der Waals surface area contributed by atoms with Crippen LogP contribution in [0.15, 0.2) is 18.2 Å². The van der Waals surface area contributed by atoms with Crippen molar-refractivity contribution in [2.45, 2.75) is 25.5 Å². The first-order valence-electron chi connectivity index (χ1n) is 4.84. The monoisotopic (exact) mass is 208 g/mol. The quantitative estimate of drug-likeness (QED) is 0.593. The molecule has 2 rings (SSSR count). The van der Waals surface area contributed by atoms with Crippen LogP contribution >= 0.6 is 0 Å². The van der Waals surface area contributed by atoms with Crippen LogP contribution < -0.4 is 10.5 Å². The maximum atomic E-state index is 10.6. The molecule has 2 unspecified atom stereocenters. The van der Waals surface area contributed by atoms with E-state index in [9.17, 15) is 10.1 Å². The highest BCUT2D eigenvalue weighted by Crippen LogP contribution is 2.38. The van der Waals surface area contributed by atoms with Crippen molar-refractivity contribution in [2.75, 3.05) is 0 Å². The zero-order valence-corrected chi connectivity index (χ0v) is 8.34. The number of hydrogen-bond donors (Lipinski definition) is 1. The lowest BCUT2D eigenvalue weighted by Crippen LogP contribution is -2.24. The molecule has 0 aromatic heterocycles. The highest BCUT2D eigenvalue weighted by molar-refractivity contribution is 5.48. The van der Waals surface area contributed by atoms with Crippen molar-refractivity contribution < 1.29 is 9.66 Å². The Labute approximate surface area is 87.0 Å². The van der Waals surface area contributed by atoms with Gasteiger partial charge in [0, 0.05) is 17.7 Å². The molecule has 1 aliphatic rings. The molecule has 1 heterocycles. The number of hydrogen-bond acceptors (Lipinski definition) is 4. The molecule has 1 aliphatic heterocycles. The average molecular weight is 208 g/mol. The third-order valence-corrected chi connectivity index (χ3v) is 2.64. The molecule has 0 radical (unpaired) electrons. The summed E-state index contributed by atoms with van der Waals surface area (Å²) in [6.45, 7) is 1.98. The van der Waals surface area contributed by atoms with Gasteiger partial charge < -0.3 is 10.5 Å². The summed E-state index contributed by atoms with van der Waals surface area (Å²) in [5.41, 5.74) is 6.71. The standard InChI is InChI=1S/C10H12N2O3/c1-2-8-10(11)7-5-6(12(13)14)3-4-9(7)15-8/h3-5,8,10H,2,11H2,1H3. The van der Waals surface area contributed by atoms with Crippen molar-refractivity contribution in [3.8, 4) is 5.75 Å². The predicted molar refractivity (Wildman–Crippen MR) is 54.7 cm³/mol. The Morgan fingerprint density at radius 2 is 2.33 bits per heavy atom. The molecule has 2 atom stereocenters. The molecule has 0 saturated carbocycles. The van der Waals surface area contributed by atoms with Crippen molar-refractivity contribution >= 4 is 5.69 Å². The number of nitro groups is 1. The number of rotatable bonds is 2. The number of non-ortho nitro benzene ring substituents is 1. The third kappa shape index (κ3) is 1.55. The maximum absolute atomic E-state index is 10.6. The van der Waals surface area contributed by atoms with Crippen molar-refractivity contribution in [3.63, 3.8) is 0 Å². The van der Waals surface area contributed by atoms with Crippen LogP contribution in [0.1, 0.15) is 24.9 Å². The maximum Gasteiger partial charge on any atom is 0.270 e. The van der Waals surface area contributed by atoms with Crippen molar-refractivity contribution in [3.05, 3.63) is 33.9 Å². The minimum absolute atomic E-state index is 0.0598. The molecule has 5 nitrogen and oxygen atoms in total. The van der Waals surface area contributed by atoms with Crippen LogP contribution in [0.5, 0.6) is 5.75 Å². The van der Waals surface area contributed by atoms with Gasteiger partial charge in [-0.15, -0.1) is 0 Å². The second kappa shape index (κ2) is 3.51. The molecule has 1 aromatic rings. The van der Waals surface area contributed by atoms with Gasteiger partial charge in [0.15, 0.2) is 0 Å². The Morgan fingerprint density at radius 1 is 1.60 bits per heavy atom. The van der Waals surface area contributed by atoms with Crippen molar-refractivity contribution in [2.24, 2.45) is 5.73 Å². The number of benzene rings is 1. The van der Waals surface area contributed by atoms with E-state index in [0.29, 0.717) is 5.75 Å². The van der Waals surface area contributed by atoms with E-state index < -0.39 is 4.92 Å². The molecule has 0 bridgehead atoms. The van der Waals surface area contributed by atoms with E-state index in [1.807, 2.05) is 6.92 Å². The molecule has 0 spiro atoms. The van der Waals surface area contributed by atoms with E-state index in [2.05, 4.69) is 0 Å². The first kappa shape index (κ1) is 9.92. The second-order valence-corrected chi connectivity index (χ2v) is 3.57. The second-order valence-electron chi connectivity index (χ2n) is 3.57. The first-order chi connectivity index (χ1) is 7.13. The van der Waals surface area contributed by atoms with Gasteiger partial charge in [0.1, 0.15) is 11.9 Å². The molecule has 0 aliphatic carbocycles. The van der Waals surface area contributed by atoms with E-state index in [0.717, 1.165) is 12.0 Å². The van der Waals surface area contributed by atoms with E-state index in [1.54, 1.807) is 6.07 Å². The van der Waals surface area contributed by atoms with Gasteiger partial charge >= 0.3 is 0 Å². The van der Waals surface area contributed by atoms with E-state index in [4.69, 9.17) is 10.5 Å². The first-order valence-corrected chi connectivity index (χ1v) is 4.84. The molecule has 2 N–H and O–H groups in total. The summed E-state index contributed by atoms with van der Waals surface area (Å²) in [6, 6.07) is 4.28. The van der Waals surface area contributed by atoms with Crippen LogP contribution in [0, 0.1) is 10.1 Å². The Bertz CT molecular complexity index is 406. The summed E-state index contributed by atoms with van der Waals surface area (Å²) in [6.07, 6.45) is 0.728. The molecular weight excluding hydrogens is 196 g/mol. The lowest BCUT2D eigenvalue weighted by Gasteiger charge is -2.11. The molecule has 5 heteroatoms.